The number of rotatable bonds is 4. The Labute approximate surface area is 174 Å². The van der Waals surface area contributed by atoms with E-state index in [4.69, 9.17) is 27.6 Å². The molecule has 0 aliphatic carbocycles. The van der Waals surface area contributed by atoms with Crippen molar-refractivity contribution >= 4 is 40.5 Å². The molecule has 6 heteroatoms. The first-order valence-corrected chi connectivity index (χ1v) is 10.1. The fourth-order valence-electron chi connectivity index (χ4n) is 3.44. The van der Waals surface area contributed by atoms with Gasteiger partial charge in [0, 0.05) is 18.7 Å². The van der Waals surface area contributed by atoms with E-state index in [1.807, 2.05) is 24.3 Å². The molecule has 1 saturated heterocycles. The molecular weight excluding hydrogens is 395 g/mol. The first kappa shape index (κ1) is 18.9. The molecule has 28 heavy (non-hydrogen) atoms. The van der Waals surface area contributed by atoms with Crippen LogP contribution in [0.1, 0.15) is 29.8 Å². The van der Waals surface area contributed by atoms with E-state index in [1.54, 1.807) is 30.3 Å². The number of nitrogens with one attached hydrogen (secondary N) is 1. The molecule has 1 aliphatic heterocycles. The van der Waals surface area contributed by atoms with Gasteiger partial charge in [0.25, 0.3) is 5.91 Å². The van der Waals surface area contributed by atoms with Gasteiger partial charge in [0.2, 0.25) is 0 Å². The molecule has 144 valence electrons. The summed E-state index contributed by atoms with van der Waals surface area (Å²) in [5.74, 6) is 0.526. The lowest BCUT2D eigenvalue weighted by molar-refractivity contribution is 0.0997. The molecule has 0 unspecified atom stereocenters. The number of halogens is 2. The molecule has 0 bridgehead atoms. The smallest absolute Gasteiger partial charge is 0.291 e. The van der Waals surface area contributed by atoms with Crippen LogP contribution in [-0.2, 0) is 0 Å². The van der Waals surface area contributed by atoms with Crippen LogP contribution in [0.3, 0.4) is 0 Å². The molecule has 0 saturated carbocycles. The van der Waals surface area contributed by atoms with Gasteiger partial charge in [-0.1, -0.05) is 35.3 Å². The summed E-state index contributed by atoms with van der Waals surface area (Å²) < 4.78 is 5.76. The Bertz CT molecular complexity index is 994. The van der Waals surface area contributed by atoms with Crippen molar-refractivity contribution in [1.29, 1.82) is 0 Å². The Balaban J connectivity index is 1.53. The fraction of sp³-hybridized carbons (Fsp3) is 0.227. The number of hydrogen-bond acceptors (Lipinski definition) is 3. The second-order valence-corrected chi connectivity index (χ2v) is 7.63. The molecule has 1 fully saturated rings. The van der Waals surface area contributed by atoms with Crippen molar-refractivity contribution in [3.8, 4) is 11.3 Å². The van der Waals surface area contributed by atoms with Crippen molar-refractivity contribution in [2.24, 2.45) is 0 Å². The summed E-state index contributed by atoms with van der Waals surface area (Å²) in [5.41, 5.74) is 2.61. The number of amides is 1. The summed E-state index contributed by atoms with van der Waals surface area (Å²) in [6, 6.07) is 16.5. The predicted octanol–water partition coefficient (Wildman–Crippen LogP) is 6.50. The zero-order valence-electron chi connectivity index (χ0n) is 15.3. The molecule has 2 aromatic carbocycles. The average molecular weight is 415 g/mol. The zero-order valence-corrected chi connectivity index (χ0v) is 16.8. The van der Waals surface area contributed by atoms with E-state index in [-0.39, 0.29) is 11.7 Å². The zero-order chi connectivity index (χ0) is 19.5. The maximum Gasteiger partial charge on any atom is 0.291 e. The minimum absolute atomic E-state index is 0.245. The number of piperidine rings is 1. The van der Waals surface area contributed by atoms with Crippen LogP contribution in [0.2, 0.25) is 10.0 Å². The van der Waals surface area contributed by atoms with Gasteiger partial charge < -0.3 is 14.6 Å². The molecule has 0 spiro atoms. The Morgan fingerprint density at radius 2 is 1.71 bits per heavy atom. The highest BCUT2D eigenvalue weighted by Crippen LogP contribution is 2.31. The summed E-state index contributed by atoms with van der Waals surface area (Å²) in [6.45, 7) is 2.02. The first-order valence-electron chi connectivity index (χ1n) is 9.32. The van der Waals surface area contributed by atoms with Crippen molar-refractivity contribution in [3.05, 3.63) is 70.4 Å². The third-order valence-corrected chi connectivity index (χ3v) is 5.62. The minimum Gasteiger partial charge on any atom is -0.451 e. The molecule has 1 aromatic heterocycles. The molecule has 0 atom stereocenters. The molecule has 1 amide bonds. The van der Waals surface area contributed by atoms with Gasteiger partial charge in [0.15, 0.2) is 5.76 Å². The number of para-hydroxylation sites is 2. The summed E-state index contributed by atoms with van der Waals surface area (Å²) in [4.78, 5) is 15.1. The van der Waals surface area contributed by atoms with Gasteiger partial charge in [0.05, 0.1) is 21.4 Å². The van der Waals surface area contributed by atoms with Crippen LogP contribution in [0.25, 0.3) is 11.3 Å². The van der Waals surface area contributed by atoms with Crippen molar-refractivity contribution < 1.29 is 9.21 Å². The summed E-state index contributed by atoms with van der Waals surface area (Å²) in [6.07, 6.45) is 3.61. The molecule has 4 nitrogen and oxygen atoms in total. The molecular formula is C22H20Cl2N2O2. The van der Waals surface area contributed by atoms with Gasteiger partial charge in [-0.25, -0.2) is 0 Å². The lowest BCUT2D eigenvalue weighted by Gasteiger charge is -2.30. The Morgan fingerprint density at radius 1 is 0.929 bits per heavy atom. The Morgan fingerprint density at radius 3 is 2.50 bits per heavy atom. The van der Waals surface area contributed by atoms with Gasteiger partial charge >= 0.3 is 0 Å². The van der Waals surface area contributed by atoms with Crippen LogP contribution < -0.4 is 10.2 Å². The fourth-order valence-corrected chi connectivity index (χ4v) is 3.74. The van der Waals surface area contributed by atoms with E-state index < -0.39 is 0 Å². The number of carbonyl (C=O) groups is 1. The van der Waals surface area contributed by atoms with Crippen LogP contribution in [0, 0.1) is 0 Å². The minimum atomic E-state index is -0.282. The quantitative estimate of drug-likeness (QED) is 0.529. The normalized spacial score (nSPS) is 14.1. The number of hydrogen-bond donors (Lipinski definition) is 1. The lowest BCUT2D eigenvalue weighted by atomic mass is 10.1. The number of carbonyl (C=O) groups excluding carboxylic acids is 1. The van der Waals surface area contributed by atoms with Crippen molar-refractivity contribution in [2.75, 3.05) is 23.3 Å². The third kappa shape index (κ3) is 4.03. The molecule has 3 aromatic rings. The Hall–Kier alpha value is -2.43. The van der Waals surface area contributed by atoms with Gasteiger partial charge in [-0.15, -0.1) is 0 Å². The van der Waals surface area contributed by atoms with Crippen LogP contribution in [-0.4, -0.2) is 19.0 Å². The molecule has 1 aliphatic rings. The summed E-state index contributed by atoms with van der Waals surface area (Å²) in [7, 11) is 0. The Kier molecular flexibility index (Phi) is 5.60. The number of benzene rings is 2. The van der Waals surface area contributed by atoms with Crippen molar-refractivity contribution in [2.45, 2.75) is 19.3 Å². The van der Waals surface area contributed by atoms with Gasteiger partial charge in [-0.2, -0.15) is 0 Å². The van der Waals surface area contributed by atoms with Gasteiger partial charge in [-0.3, -0.25) is 4.79 Å². The maximum absolute atomic E-state index is 12.7. The predicted molar refractivity (Wildman–Crippen MR) is 115 cm³/mol. The van der Waals surface area contributed by atoms with Gasteiger partial charge in [-0.05, 0) is 61.7 Å². The van der Waals surface area contributed by atoms with E-state index in [1.165, 1.54) is 19.3 Å². The third-order valence-electron chi connectivity index (χ3n) is 4.88. The highest BCUT2D eigenvalue weighted by Gasteiger charge is 2.18. The second kappa shape index (κ2) is 8.29. The monoisotopic (exact) mass is 414 g/mol. The van der Waals surface area contributed by atoms with Crippen LogP contribution in [0.15, 0.2) is 59.0 Å². The van der Waals surface area contributed by atoms with E-state index in [2.05, 4.69) is 10.2 Å². The highest BCUT2D eigenvalue weighted by molar-refractivity contribution is 6.42. The number of anilines is 2. The lowest BCUT2D eigenvalue weighted by Crippen LogP contribution is -2.30. The summed E-state index contributed by atoms with van der Waals surface area (Å²) in [5, 5.41) is 3.91. The molecule has 1 N–H and O–H groups in total. The van der Waals surface area contributed by atoms with E-state index >= 15 is 0 Å². The van der Waals surface area contributed by atoms with Crippen molar-refractivity contribution in [3.63, 3.8) is 0 Å². The summed E-state index contributed by atoms with van der Waals surface area (Å²) >= 11 is 12.0. The van der Waals surface area contributed by atoms with Crippen LogP contribution in [0.4, 0.5) is 11.4 Å². The maximum atomic E-state index is 12.7. The SMILES string of the molecule is O=C(Nc1ccccc1N1CCCCC1)c1ccc(-c2ccc(Cl)c(Cl)c2)o1. The van der Waals surface area contributed by atoms with E-state index in [0.717, 1.165) is 30.0 Å². The molecule has 0 radical (unpaired) electrons. The largest absolute Gasteiger partial charge is 0.451 e. The second-order valence-electron chi connectivity index (χ2n) is 6.81. The van der Waals surface area contributed by atoms with Crippen molar-refractivity contribution in [1.82, 2.24) is 0 Å². The van der Waals surface area contributed by atoms with Crippen LogP contribution >= 0.6 is 23.2 Å². The standard InChI is InChI=1S/C22H20Cl2N2O2/c23-16-9-8-15(14-17(16)24)20-10-11-21(28-20)22(27)25-18-6-2-3-7-19(18)26-12-4-1-5-13-26/h2-3,6-11,14H,1,4-5,12-13H2,(H,25,27). The van der Waals surface area contributed by atoms with E-state index in [9.17, 15) is 4.79 Å². The molecule has 2 heterocycles. The highest BCUT2D eigenvalue weighted by atomic mass is 35.5. The van der Waals surface area contributed by atoms with Gasteiger partial charge in [0.1, 0.15) is 5.76 Å². The van der Waals surface area contributed by atoms with E-state index in [0.29, 0.717) is 15.8 Å². The number of nitrogens with zero attached hydrogens (tertiary/aromatic N) is 1. The topological polar surface area (TPSA) is 45.5 Å². The van der Waals surface area contributed by atoms with Crippen LogP contribution in [0.5, 0.6) is 0 Å². The average Bonchev–Trinajstić information content (AvgIpc) is 3.22. The molecule has 4 rings (SSSR count). The first-order chi connectivity index (χ1) is 13.6. The number of furan rings is 1.